The van der Waals surface area contributed by atoms with E-state index < -0.39 is 10.0 Å². The van der Waals surface area contributed by atoms with Gasteiger partial charge < -0.3 is 14.1 Å². The Kier molecular flexibility index (Phi) is 5.37. The molecule has 0 aliphatic carbocycles. The molecule has 1 fully saturated rings. The summed E-state index contributed by atoms with van der Waals surface area (Å²) in [5.74, 6) is 1.51. The first-order valence-corrected chi connectivity index (χ1v) is 10.4. The van der Waals surface area contributed by atoms with Crippen molar-refractivity contribution < 1.29 is 17.6 Å². The molecule has 0 spiro atoms. The number of nitrogens with zero attached hydrogens (tertiary/aromatic N) is 4. The van der Waals surface area contributed by atoms with Gasteiger partial charge >= 0.3 is 0 Å². The van der Waals surface area contributed by atoms with Crippen LogP contribution in [0.1, 0.15) is 32.4 Å². The van der Waals surface area contributed by atoms with E-state index in [9.17, 15) is 13.7 Å². The second kappa shape index (κ2) is 7.45. The van der Waals surface area contributed by atoms with Crippen molar-refractivity contribution in [3.8, 4) is 11.8 Å². The van der Waals surface area contributed by atoms with Gasteiger partial charge in [0.1, 0.15) is 11.8 Å². The SMILES string of the molecule is COc1ccc(S(=O)(=O)N2CCN(c3oc(C(C)(C)C)nc3C#N)CC2)cc1. The summed E-state index contributed by atoms with van der Waals surface area (Å²) in [6, 6.07) is 8.42. The van der Waals surface area contributed by atoms with Gasteiger partial charge in [-0.1, -0.05) is 20.8 Å². The zero-order valence-electron chi connectivity index (χ0n) is 16.5. The molecule has 0 amide bonds. The van der Waals surface area contributed by atoms with Gasteiger partial charge in [0.05, 0.1) is 12.0 Å². The molecule has 150 valence electrons. The number of rotatable bonds is 4. The Hall–Kier alpha value is -2.57. The molecular weight excluding hydrogens is 380 g/mol. The van der Waals surface area contributed by atoms with Crippen LogP contribution in [0.15, 0.2) is 33.6 Å². The number of sulfonamides is 1. The van der Waals surface area contributed by atoms with Crippen molar-refractivity contribution in [2.24, 2.45) is 0 Å². The fourth-order valence-corrected chi connectivity index (χ4v) is 4.37. The molecule has 0 radical (unpaired) electrons. The number of benzene rings is 1. The van der Waals surface area contributed by atoms with Crippen LogP contribution in [0.3, 0.4) is 0 Å². The van der Waals surface area contributed by atoms with Crippen molar-refractivity contribution in [1.29, 1.82) is 5.26 Å². The third-order valence-corrected chi connectivity index (χ3v) is 6.49. The van der Waals surface area contributed by atoms with E-state index in [1.807, 2.05) is 25.7 Å². The summed E-state index contributed by atoms with van der Waals surface area (Å²) >= 11 is 0. The second-order valence-electron chi connectivity index (χ2n) is 7.60. The van der Waals surface area contributed by atoms with Gasteiger partial charge in [0.2, 0.25) is 27.5 Å². The van der Waals surface area contributed by atoms with Crippen molar-refractivity contribution in [1.82, 2.24) is 9.29 Å². The Morgan fingerprint density at radius 3 is 2.25 bits per heavy atom. The van der Waals surface area contributed by atoms with Crippen LogP contribution < -0.4 is 9.64 Å². The number of hydrogen-bond donors (Lipinski definition) is 0. The van der Waals surface area contributed by atoms with Crippen LogP contribution in [0.25, 0.3) is 0 Å². The number of hydrogen-bond acceptors (Lipinski definition) is 7. The maximum Gasteiger partial charge on any atom is 0.243 e. The normalized spacial score (nSPS) is 16.0. The summed E-state index contributed by atoms with van der Waals surface area (Å²) in [5.41, 5.74) is -0.0833. The molecule has 0 atom stereocenters. The number of oxazole rings is 1. The van der Waals surface area contributed by atoms with Gasteiger partial charge in [-0.25, -0.2) is 8.42 Å². The van der Waals surface area contributed by atoms with E-state index >= 15 is 0 Å². The van der Waals surface area contributed by atoms with Gasteiger partial charge in [0.25, 0.3) is 0 Å². The minimum atomic E-state index is -3.59. The lowest BCUT2D eigenvalue weighted by atomic mass is 9.97. The Labute approximate surface area is 165 Å². The molecule has 0 unspecified atom stereocenters. The number of aromatic nitrogens is 1. The highest BCUT2D eigenvalue weighted by Crippen LogP contribution is 2.30. The number of nitriles is 1. The van der Waals surface area contributed by atoms with Crippen molar-refractivity contribution in [3.05, 3.63) is 35.9 Å². The molecule has 1 aromatic carbocycles. The van der Waals surface area contributed by atoms with Crippen LogP contribution >= 0.6 is 0 Å². The van der Waals surface area contributed by atoms with Gasteiger partial charge in [-0.2, -0.15) is 14.6 Å². The highest BCUT2D eigenvalue weighted by molar-refractivity contribution is 7.89. The minimum absolute atomic E-state index is 0.231. The zero-order chi connectivity index (χ0) is 20.5. The van der Waals surface area contributed by atoms with Gasteiger partial charge in [0, 0.05) is 31.6 Å². The highest BCUT2D eigenvalue weighted by Gasteiger charge is 2.32. The summed E-state index contributed by atoms with van der Waals surface area (Å²) in [4.78, 5) is 6.40. The quantitative estimate of drug-likeness (QED) is 0.771. The summed E-state index contributed by atoms with van der Waals surface area (Å²) < 4.78 is 38.1. The molecule has 9 heteroatoms. The standard InChI is InChI=1S/C19H24N4O4S/c1-19(2,3)18-21-16(13-20)17(27-18)22-9-11-23(12-10-22)28(24,25)15-7-5-14(26-4)6-8-15/h5-8H,9-12H2,1-4H3. The molecule has 3 rings (SSSR count). The van der Waals surface area contributed by atoms with E-state index in [4.69, 9.17) is 9.15 Å². The fraction of sp³-hybridized carbons (Fsp3) is 0.474. The average Bonchev–Trinajstić information content (AvgIpc) is 3.13. The number of methoxy groups -OCH3 is 1. The molecule has 8 nitrogen and oxygen atoms in total. The van der Waals surface area contributed by atoms with Gasteiger partial charge in [-0.3, -0.25) is 0 Å². The molecular formula is C19H24N4O4S. The largest absolute Gasteiger partial charge is 0.497 e. The Bertz CT molecular complexity index is 976. The second-order valence-corrected chi connectivity index (χ2v) is 9.54. The summed E-state index contributed by atoms with van der Waals surface area (Å²) in [6.07, 6.45) is 0. The van der Waals surface area contributed by atoms with Crippen LogP contribution in [0.4, 0.5) is 5.88 Å². The minimum Gasteiger partial charge on any atom is -0.497 e. The topological polar surface area (TPSA) is 99.7 Å². The molecule has 2 aromatic rings. The highest BCUT2D eigenvalue weighted by atomic mass is 32.2. The summed E-state index contributed by atoms with van der Waals surface area (Å²) in [6.45, 7) is 7.32. The van der Waals surface area contributed by atoms with Crippen LogP contribution in [0.5, 0.6) is 5.75 Å². The molecule has 1 saturated heterocycles. The monoisotopic (exact) mass is 404 g/mol. The first-order valence-electron chi connectivity index (χ1n) is 8.97. The first kappa shape index (κ1) is 20.2. The van der Waals surface area contributed by atoms with Crippen LogP contribution in [0, 0.1) is 11.3 Å². The number of ether oxygens (including phenoxy) is 1. The van der Waals surface area contributed by atoms with E-state index in [2.05, 4.69) is 11.1 Å². The number of piperazine rings is 1. The van der Waals surface area contributed by atoms with E-state index in [1.165, 1.54) is 11.4 Å². The van der Waals surface area contributed by atoms with E-state index in [1.54, 1.807) is 24.3 Å². The van der Waals surface area contributed by atoms with Crippen LogP contribution in [-0.4, -0.2) is 51.0 Å². The molecule has 28 heavy (non-hydrogen) atoms. The summed E-state index contributed by atoms with van der Waals surface area (Å²) in [5, 5.41) is 9.39. The van der Waals surface area contributed by atoms with Gasteiger partial charge in [-0.15, -0.1) is 0 Å². The van der Waals surface area contributed by atoms with Gasteiger partial charge in [-0.05, 0) is 24.3 Å². The predicted octanol–water partition coefficient (Wildman–Crippen LogP) is 2.36. The Balaban J connectivity index is 1.75. The van der Waals surface area contributed by atoms with Crippen LogP contribution in [0.2, 0.25) is 0 Å². The van der Waals surface area contributed by atoms with Crippen molar-refractivity contribution in [2.75, 3.05) is 38.2 Å². The molecule has 1 aliphatic heterocycles. The van der Waals surface area contributed by atoms with Crippen molar-refractivity contribution in [2.45, 2.75) is 31.1 Å². The average molecular weight is 404 g/mol. The molecule has 1 aliphatic rings. The van der Waals surface area contributed by atoms with E-state index in [0.29, 0.717) is 43.7 Å². The van der Waals surface area contributed by atoms with Crippen molar-refractivity contribution >= 4 is 15.9 Å². The van der Waals surface area contributed by atoms with Gasteiger partial charge in [0.15, 0.2) is 0 Å². The van der Waals surface area contributed by atoms with Crippen LogP contribution in [-0.2, 0) is 15.4 Å². The lowest BCUT2D eigenvalue weighted by Gasteiger charge is -2.33. The fourth-order valence-electron chi connectivity index (χ4n) is 2.95. The Morgan fingerprint density at radius 1 is 1.14 bits per heavy atom. The maximum atomic E-state index is 12.9. The van der Waals surface area contributed by atoms with E-state index in [0.717, 1.165) is 0 Å². The first-order chi connectivity index (χ1) is 13.2. The predicted molar refractivity (Wildman–Crippen MR) is 104 cm³/mol. The molecule has 1 aromatic heterocycles. The molecule has 0 saturated carbocycles. The molecule has 0 bridgehead atoms. The smallest absolute Gasteiger partial charge is 0.243 e. The summed E-state index contributed by atoms with van der Waals surface area (Å²) in [7, 11) is -2.05. The Morgan fingerprint density at radius 2 is 1.75 bits per heavy atom. The van der Waals surface area contributed by atoms with Crippen molar-refractivity contribution in [3.63, 3.8) is 0 Å². The lowest BCUT2D eigenvalue weighted by Crippen LogP contribution is -2.48. The lowest BCUT2D eigenvalue weighted by molar-refractivity contribution is 0.356. The third-order valence-electron chi connectivity index (χ3n) is 4.58. The maximum absolute atomic E-state index is 12.9. The molecule has 2 heterocycles. The number of anilines is 1. The zero-order valence-corrected chi connectivity index (χ0v) is 17.3. The third kappa shape index (κ3) is 3.84. The van der Waals surface area contributed by atoms with E-state index in [-0.39, 0.29) is 16.0 Å². The molecule has 0 N–H and O–H groups in total.